The van der Waals surface area contributed by atoms with Crippen molar-refractivity contribution < 1.29 is 28.6 Å². The molecule has 0 atom stereocenters. The molecule has 0 aliphatic rings. The van der Waals surface area contributed by atoms with Crippen LogP contribution in [0.2, 0.25) is 5.02 Å². The molecule has 0 bridgehead atoms. The van der Waals surface area contributed by atoms with Crippen molar-refractivity contribution in [2.24, 2.45) is 0 Å². The number of methoxy groups -OCH3 is 3. The minimum atomic E-state index is -1.23. The van der Waals surface area contributed by atoms with E-state index < -0.39 is 5.97 Å². The number of nitrogens with zero attached hydrogens (tertiary/aromatic N) is 1. The third-order valence-electron chi connectivity index (χ3n) is 2.76. The fourth-order valence-corrected chi connectivity index (χ4v) is 2.14. The van der Waals surface area contributed by atoms with Gasteiger partial charge in [0.2, 0.25) is 11.5 Å². The van der Waals surface area contributed by atoms with E-state index in [0.29, 0.717) is 17.1 Å². The molecule has 1 aromatic carbocycles. The summed E-state index contributed by atoms with van der Waals surface area (Å²) in [4.78, 5) is 10.9. The number of aromatic nitrogens is 1. The van der Waals surface area contributed by atoms with Crippen LogP contribution >= 0.6 is 11.6 Å². The van der Waals surface area contributed by atoms with Crippen molar-refractivity contribution in [3.8, 4) is 28.5 Å². The predicted octanol–water partition coefficient (Wildman–Crippen LogP) is 2.72. The number of hydrogen-bond donors (Lipinski definition) is 1. The van der Waals surface area contributed by atoms with Crippen LogP contribution in [0.15, 0.2) is 16.7 Å². The molecule has 112 valence electrons. The van der Waals surface area contributed by atoms with Gasteiger partial charge in [0.05, 0.1) is 31.9 Å². The van der Waals surface area contributed by atoms with Crippen LogP contribution in [0.5, 0.6) is 17.2 Å². The summed E-state index contributed by atoms with van der Waals surface area (Å²) in [6.45, 7) is 0. The van der Waals surface area contributed by atoms with Crippen molar-refractivity contribution in [1.29, 1.82) is 0 Å². The SMILES string of the molecule is COc1cc(Cl)c(-c2cc(C(=O)O)on2)c(OC)c1OC. The van der Waals surface area contributed by atoms with Crippen molar-refractivity contribution in [3.05, 3.63) is 22.9 Å². The monoisotopic (exact) mass is 313 g/mol. The molecule has 0 saturated heterocycles. The molecule has 0 radical (unpaired) electrons. The summed E-state index contributed by atoms with van der Waals surface area (Å²) in [6, 6.07) is 2.77. The van der Waals surface area contributed by atoms with E-state index in [9.17, 15) is 4.79 Å². The fraction of sp³-hybridized carbons (Fsp3) is 0.231. The Bertz CT molecular complexity index is 682. The second kappa shape index (κ2) is 5.92. The molecule has 1 aromatic heterocycles. The van der Waals surface area contributed by atoms with Gasteiger partial charge in [-0.1, -0.05) is 16.8 Å². The summed E-state index contributed by atoms with van der Waals surface area (Å²) in [6.07, 6.45) is 0. The van der Waals surface area contributed by atoms with Gasteiger partial charge in [-0.3, -0.25) is 0 Å². The first-order valence-electron chi connectivity index (χ1n) is 5.72. The minimum Gasteiger partial charge on any atom is -0.493 e. The van der Waals surface area contributed by atoms with Gasteiger partial charge in [-0.2, -0.15) is 0 Å². The molecule has 1 heterocycles. The molecular formula is C13H12ClNO6. The lowest BCUT2D eigenvalue weighted by Crippen LogP contribution is -1.98. The second-order valence-electron chi connectivity index (χ2n) is 3.88. The molecule has 0 saturated carbocycles. The number of aromatic carboxylic acids is 1. The Morgan fingerprint density at radius 3 is 2.33 bits per heavy atom. The van der Waals surface area contributed by atoms with Crippen molar-refractivity contribution >= 4 is 17.6 Å². The molecule has 1 N–H and O–H groups in total. The first-order chi connectivity index (χ1) is 10.0. The average Bonchev–Trinajstić information content (AvgIpc) is 2.95. The Morgan fingerprint density at radius 1 is 1.19 bits per heavy atom. The van der Waals surface area contributed by atoms with Crippen LogP contribution in [0.3, 0.4) is 0 Å². The second-order valence-corrected chi connectivity index (χ2v) is 4.29. The third-order valence-corrected chi connectivity index (χ3v) is 3.06. The van der Waals surface area contributed by atoms with Gasteiger partial charge in [-0.25, -0.2) is 4.79 Å². The highest BCUT2D eigenvalue weighted by Crippen LogP contribution is 2.48. The van der Waals surface area contributed by atoms with Gasteiger partial charge in [0, 0.05) is 12.1 Å². The maximum atomic E-state index is 10.9. The van der Waals surface area contributed by atoms with E-state index in [0.717, 1.165) is 0 Å². The standard InChI is InChI=1S/C13H12ClNO6/c1-18-8-4-6(14)10(12(20-3)11(8)19-2)7-5-9(13(16)17)21-15-7/h4-5H,1-3H3,(H,16,17). The highest BCUT2D eigenvalue weighted by Gasteiger charge is 2.24. The van der Waals surface area contributed by atoms with Crippen molar-refractivity contribution in [3.63, 3.8) is 0 Å². The van der Waals surface area contributed by atoms with Crippen molar-refractivity contribution in [2.45, 2.75) is 0 Å². The number of carbonyl (C=O) groups is 1. The Morgan fingerprint density at radius 2 is 1.86 bits per heavy atom. The maximum absolute atomic E-state index is 10.9. The van der Waals surface area contributed by atoms with Crippen LogP contribution in [-0.2, 0) is 0 Å². The molecule has 21 heavy (non-hydrogen) atoms. The van der Waals surface area contributed by atoms with Gasteiger partial charge in [0.25, 0.3) is 0 Å². The lowest BCUT2D eigenvalue weighted by molar-refractivity contribution is 0.0652. The number of carboxylic acid groups (broad SMARTS) is 1. The van der Waals surface area contributed by atoms with E-state index in [1.807, 2.05) is 0 Å². The molecule has 8 heteroatoms. The number of benzene rings is 1. The van der Waals surface area contributed by atoms with Gasteiger partial charge in [0.15, 0.2) is 11.5 Å². The minimum absolute atomic E-state index is 0.218. The normalized spacial score (nSPS) is 10.3. The first kappa shape index (κ1) is 15.0. The Labute approximate surface area is 125 Å². The van der Waals surface area contributed by atoms with Gasteiger partial charge in [-0.15, -0.1) is 0 Å². The first-order valence-corrected chi connectivity index (χ1v) is 6.10. The Balaban J connectivity index is 2.69. The number of rotatable bonds is 5. The lowest BCUT2D eigenvalue weighted by atomic mass is 10.1. The van der Waals surface area contributed by atoms with E-state index in [4.69, 9.17) is 35.4 Å². The van der Waals surface area contributed by atoms with Gasteiger partial charge in [0.1, 0.15) is 5.69 Å². The molecule has 0 amide bonds. The summed E-state index contributed by atoms with van der Waals surface area (Å²) < 4.78 is 20.4. The highest BCUT2D eigenvalue weighted by molar-refractivity contribution is 6.34. The zero-order valence-electron chi connectivity index (χ0n) is 11.5. The van der Waals surface area contributed by atoms with Crippen LogP contribution in [0.25, 0.3) is 11.3 Å². The number of hydrogen-bond acceptors (Lipinski definition) is 6. The number of ether oxygens (including phenoxy) is 3. The lowest BCUT2D eigenvalue weighted by Gasteiger charge is -2.15. The predicted molar refractivity (Wildman–Crippen MR) is 73.6 cm³/mol. The molecule has 2 rings (SSSR count). The van der Waals surface area contributed by atoms with Gasteiger partial charge in [-0.05, 0) is 0 Å². The molecule has 0 aliphatic heterocycles. The Hall–Kier alpha value is -2.41. The summed E-state index contributed by atoms with van der Waals surface area (Å²) in [5.41, 5.74) is 0.572. The van der Waals surface area contributed by atoms with E-state index in [-0.39, 0.29) is 22.2 Å². The molecular weight excluding hydrogens is 302 g/mol. The molecule has 0 fully saturated rings. The molecule has 7 nitrogen and oxygen atoms in total. The smallest absolute Gasteiger partial charge is 0.374 e. The van der Waals surface area contributed by atoms with Crippen LogP contribution in [-0.4, -0.2) is 37.6 Å². The van der Waals surface area contributed by atoms with Crippen molar-refractivity contribution in [2.75, 3.05) is 21.3 Å². The van der Waals surface area contributed by atoms with Crippen LogP contribution in [0, 0.1) is 0 Å². The van der Waals surface area contributed by atoms with Crippen molar-refractivity contribution in [1.82, 2.24) is 5.16 Å². The zero-order chi connectivity index (χ0) is 15.6. The van der Waals surface area contributed by atoms with Crippen LogP contribution < -0.4 is 14.2 Å². The van der Waals surface area contributed by atoms with Gasteiger partial charge >= 0.3 is 5.97 Å². The molecule has 0 unspecified atom stereocenters. The van der Waals surface area contributed by atoms with E-state index in [1.54, 1.807) is 0 Å². The van der Waals surface area contributed by atoms with E-state index in [2.05, 4.69) is 5.16 Å². The van der Waals surface area contributed by atoms with E-state index in [1.165, 1.54) is 33.5 Å². The molecule has 2 aromatic rings. The third kappa shape index (κ3) is 2.59. The van der Waals surface area contributed by atoms with Gasteiger partial charge < -0.3 is 23.8 Å². The summed E-state index contributed by atoms with van der Waals surface area (Å²) in [7, 11) is 4.34. The highest BCUT2D eigenvalue weighted by atomic mass is 35.5. The Kier molecular flexibility index (Phi) is 4.23. The topological polar surface area (TPSA) is 91.0 Å². The largest absolute Gasteiger partial charge is 0.493 e. The zero-order valence-corrected chi connectivity index (χ0v) is 12.2. The number of carboxylic acids is 1. The fourth-order valence-electron chi connectivity index (χ4n) is 1.86. The number of halogens is 1. The quantitative estimate of drug-likeness (QED) is 0.907. The maximum Gasteiger partial charge on any atom is 0.374 e. The summed E-state index contributed by atoms with van der Waals surface area (Å²) in [5, 5.41) is 12.8. The molecule has 0 aliphatic carbocycles. The van der Waals surface area contributed by atoms with Crippen LogP contribution in [0.1, 0.15) is 10.6 Å². The van der Waals surface area contributed by atoms with Crippen LogP contribution in [0.4, 0.5) is 0 Å². The average molecular weight is 314 g/mol. The molecule has 0 spiro atoms. The summed E-state index contributed by atoms with van der Waals surface area (Å²) >= 11 is 6.20. The summed E-state index contributed by atoms with van der Waals surface area (Å²) in [5.74, 6) is -0.571. The van der Waals surface area contributed by atoms with E-state index >= 15 is 0 Å².